The van der Waals surface area contributed by atoms with Crippen molar-refractivity contribution in [2.45, 2.75) is 27.2 Å². The Morgan fingerprint density at radius 2 is 2.00 bits per heavy atom. The lowest BCUT2D eigenvalue weighted by Crippen LogP contribution is -2.34. The van der Waals surface area contributed by atoms with E-state index >= 15 is 0 Å². The standard InChI is InChI=1S/C14H21ClN2O2/c1-4-9-19-13-8-7-11(15)10-12(13)16-14(18)17(5-2)6-3/h7-8,10H,4-6,9H2,1-3H3,(H,16,18). The van der Waals surface area contributed by atoms with Crippen molar-refractivity contribution in [3.63, 3.8) is 0 Å². The summed E-state index contributed by atoms with van der Waals surface area (Å²) >= 11 is 5.96. The molecule has 0 spiro atoms. The van der Waals surface area contributed by atoms with Crippen molar-refractivity contribution in [3.05, 3.63) is 23.2 Å². The minimum atomic E-state index is -0.145. The zero-order chi connectivity index (χ0) is 14.3. The van der Waals surface area contributed by atoms with Gasteiger partial charge in [0.05, 0.1) is 12.3 Å². The van der Waals surface area contributed by atoms with E-state index in [1.54, 1.807) is 23.1 Å². The summed E-state index contributed by atoms with van der Waals surface area (Å²) in [5, 5.41) is 3.41. The summed E-state index contributed by atoms with van der Waals surface area (Å²) in [6, 6.07) is 5.08. The molecule has 1 rings (SSSR count). The van der Waals surface area contributed by atoms with Crippen molar-refractivity contribution in [3.8, 4) is 5.75 Å². The van der Waals surface area contributed by atoms with E-state index in [1.165, 1.54) is 0 Å². The number of nitrogens with one attached hydrogen (secondary N) is 1. The Labute approximate surface area is 119 Å². The largest absolute Gasteiger partial charge is 0.491 e. The molecule has 0 aliphatic heterocycles. The molecule has 0 unspecified atom stereocenters. The molecule has 0 atom stereocenters. The summed E-state index contributed by atoms with van der Waals surface area (Å²) in [5.74, 6) is 0.645. The van der Waals surface area contributed by atoms with Crippen LogP contribution in [0.25, 0.3) is 0 Å². The molecule has 106 valence electrons. The number of urea groups is 1. The van der Waals surface area contributed by atoms with Gasteiger partial charge in [-0.3, -0.25) is 0 Å². The van der Waals surface area contributed by atoms with Crippen molar-refractivity contribution in [1.29, 1.82) is 0 Å². The van der Waals surface area contributed by atoms with Gasteiger partial charge in [0.25, 0.3) is 0 Å². The maximum atomic E-state index is 12.0. The average molecular weight is 285 g/mol. The molecule has 4 nitrogen and oxygen atoms in total. The molecule has 0 aliphatic rings. The zero-order valence-corrected chi connectivity index (χ0v) is 12.5. The molecule has 0 bridgehead atoms. The molecule has 0 saturated carbocycles. The highest BCUT2D eigenvalue weighted by Crippen LogP contribution is 2.28. The van der Waals surface area contributed by atoms with Gasteiger partial charge in [-0.25, -0.2) is 4.79 Å². The van der Waals surface area contributed by atoms with E-state index in [4.69, 9.17) is 16.3 Å². The molecule has 19 heavy (non-hydrogen) atoms. The number of halogens is 1. The van der Waals surface area contributed by atoms with Crippen LogP contribution in [0.4, 0.5) is 10.5 Å². The fourth-order valence-corrected chi connectivity index (χ4v) is 1.81. The number of amides is 2. The van der Waals surface area contributed by atoms with Gasteiger partial charge in [0.2, 0.25) is 0 Å². The molecule has 2 amide bonds. The first kappa shape index (κ1) is 15.6. The molecule has 1 aromatic rings. The fourth-order valence-electron chi connectivity index (χ4n) is 1.64. The van der Waals surface area contributed by atoms with Crippen LogP contribution in [-0.4, -0.2) is 30.6 Å². The number of carbonyl (C=O) groups excluding carboxylic acids is 1. The first-order chi connectivity index (χ1) is 9.12. The molecule has 0 aliphatic carbocycles. The van der Waals surface area contributed by atoms with Gasteiger partial charge in [-0.05, 0) is 38.5 Å². The Balaban J connectivity index is 2.85. The van der Waals surface area contributed by atoms with Gasteiger partial charge in [0.1, 0.15) is 5.75 Å². The Morgan fingerprint density at radius 1 is 1.32 bits per heavy atom. The Hall–Kier alpha value is -1.42. The smallest absolute Gasteiger partial charge is 0.321 e. The second-order valence-corrected chi connectivity index (χ2v) is 4.53. The first-order valence-corrected chi connectivity index (χ1v) is 6.98. The Morgan fingerprint density at radius 3 is 2.58 bits per heavy atom. The van der Waals surface area contributed by atoms with Gasteiger partial charge in [-0.1, -0.05) is 18.5 Å². The highest BCUT2D eigenvalue weighted by molar-refractivity contribution is 6.31. The second-order valence-electron chi connectivity index (χ2n) is 4.09. The van der Waals surface area contributed by atoms with E-state index in [1.807, 2.05) is 20.8 Å². The third-order valence-electron chi connectivity index (χ3n) is 2.70. The zero-order valence-electron chi connectivity index (χ0n) is 11.7. The second kappa shape index (κ2) is 7.89. The minimum Gasteiger partial charge on any atom is -0.491 e. The van der Waals surface area contributed by atoms with Crippen molar-refractivity contribution in [2.75, 3.05) is 25.0 Å². The third kappa shape index (κ3) is 4.63. The molecule has 1 aromatic carbocycles. The number of carbonyl (C=O) groups is 1. The molecular formula is C14H21ClN2O2. The van der Waals surface area contributed by atoms with Gasteiger partial charge in [-0.15, -0.1) is 0 Å². The number of benzene rings is 1. The molecule has 1 N–H and O–H groups in total. The number of rotatable bonds is 6. The number of ether oxygens (including phenoxy) is 1. The molecule has 0 saturated heterocycles. The monoisotopic (exact) mass is 284 g/mol. The molecule has 0 heterocycles. The number of hydrogen-bond donors (Lipinski definition) is 1. The van der Waals surface area contributed by atoms with Crippen molar-refractivity contribution in [2.24, 2.45) is 0 Å². The number of nitrogens with zero attached hydrogens (tertiary/aromatic N) is 1. The van der Waals surface area contributed by atoms with Crippen LogP contribution in [0, 0.1) is 0 Å². The van der Waals surface area contributed by atoms with E-state index in [-0.39, 0.29) is 6.03 Å². The Bertz CT molecular complexity index is 420. The van der Waals surface area contributed by atoms with Crippen molar-refractivity contribution < 1.29 is 9.53 Å². The summed E-state index contributed by atoms with van der Waals surface area (Å²) in [6.07, 6.45) is 0.909. The number of anilines is 1. The molecule has 0 fully saturated rings. The van der Waals surface area contributed by atoms with Gasteiger partial charge < -0.3 is 15.0 Å². The molecular weight excluding hydrogens is 264 g/mol. The van der Waals surface area contributed by atoms with E-state index in [0.29, 0.717) is 36.2 Å². The van der Waals surface area contributed by atoms with Crippen molar-refractivity contribution >= 4 is 23.3 Å². The van der Waals surface area contributed by atoms with E-state index in [0.717, 1.165) is 6.42 Å². The van der Waals surface area contributed by atoms with E-state index < -0.39 is 0 Å². The van der Waals surface area contributed by atoms with Crippen LogP contribution in [-0.2, 0) is 0 Å². The Kier molecular flexibility index (Phi) is 6.50. The quantitative estimate of drug-likeness (QED) is 0.858. The maximum Gasteiger partial charge on any atom is 0.321 e. The lowest BCUT2D eigenvalue weighted by Gasteiger charge is -2.20. The highest BCUT2D eigenvalue weighted by Gasteiger charge is 2.13. The van der Waals surface area contributed by atoms with Gasteiger partial charge >= 0.3 is 6.03 Å². The summed E-state index contributed by atoms with van der Waals surface area (Å²) in [7, 11) is 0. The van der Waals surface area contributed by atoms with Crippen LogP contribution in [0.3, 0.4) is 0 Å². The average Bonchev–Trinajstić information content (AvgIpc) is 2.39. The molecule has 0 aromatic heterocycles. The van der Waals surface area contributed by atoms with Gasteiger partial charge in [0.15, 0.2) is 0 Å². The summed E-state index contributed by atoms with van der Waals surface area (Å²) in [4.78, 5) is 13.7. The van der Waals surface area contributed by atoms with Gasteiger partial charge in [-0.2, -0.15) is 0 Å². The van der Waals surface area contributed by atoms with Crippen LogP contribution >= 0.6 is 11.6 Å². The molecule has 0 radical (unpaired) electrons. The van der Waals surface area contributed by atoms with Crippen molar-refractivity contribution in [1.82, 2.24) is 4.90 Å². The lowest BCUT2D eigenvalue weighted by atomic mass is 10.3. The lowest BCUT2D eigenvalue weighted by molar-refractivity contribution is 0.217. The van der Waals surface area contributed by atoms with Crippen LogP contribution in [0.15, 0.2) is 18.2 Å². The summed E-state index contributed by atoms with van der Waals surface area (Å²) < 4.78 is 5.60. The fraction of sp³-hybridized carbons (Fsp3) is 0.500. The SMILES string of the molecule is CCCOc1ccc(Cl)cc1NC(=O)N(CC)CC. The van der Waals surface area contributed by atoms with Crippen LogP contribution in [0.5, 0.6) is 5.75 Å². The van der Waals surface area contributed by atoms with Crippen LogP contribution < -0.4 is 10.1 Å². The predicted molar refractivity (Wildman–Crippen MR) is 79.2 cm³/mol. The normalized spacial score (nSPS) is 10.1. The summed E-state index contributed by atoms with van der Waals surface area (Å²) in [5.41, 5.74) is 0.609. The third-order valence-corrected chi connectivity index (χ3v) is 2.93. The highest BCUT2D eigenvalue weighted by atomic mass is 35.5. The van der Waals surface area contributed by atoms with Gasteiger partial charge in [0, 0.05) is 18.1 Å². The number of hydrogen-bond acceptors (Lipinski definition) is 2. The first-order valence-electron chi connectivity index (χ1n) is 6.60. The van der Waals surface area contributed by atoms with E-state index in [9.17, 15) is 4.79 Å². The maximum absolute atomic E-state index is 12.0. The van der Waals surface area contributed by atoms with Crippen LogP contribution in [0.2, 0.25) is 5.02 Å². The van der Waals surface area contributed by atoms with E-state index in [2.05, 4.69) is 5.32 Å². The minimum absolute atomic E-state index is 0.145. The predicted octanol–water partition coefficient (Wildman–Crippen LogP) is 4.00. The topological polar surface area (TPSA) is 41.6 Å². The molecule has 5 heteroatoms. The summed E-state index contributed by atoms with van der Waals surface area (Å²) in [6.45, 7) is 7.84. The van der Waals surface area contributed by atoms with Crippen LogP contribution in [0.1, 0.15) is 27.2 Å².